The number of benzene rings is 5. The Morgan fingerprint density at radius 1 is 0.457 bits per heavy atom. The summed E-state index contributed by atoms with van der Waals surface area (Å²) in [6, 6.07) is 41.8. The third-order valence-electron chi connectivity index (χ3n) is 6.59. The van der Waals surface area contributed by atoms with Crippen LogP contribution in [0.3, 0.4) is 0 Å². The molecule has 0 N–H and O–H groups in total. The number of hydrogen-bond donors (Lipinski definition) is 0. The first-order chi connectivity index (χ1) is 17.3. The molecule has 0 aliphatic carbocycles. The van der Waals surface area contributed by atoms with Crippen molar-refractivity contribution in [2.75, 3.05) is 0 Å². The molecular formula is C32H19BrS2. The summed E-state index contributed by atoms with van der Waals surface area (Å²) in [4.78, 5) is 1.30. The van der Waals surface area contributed by atoms with E-state index in [1.807, 2.05) is 22.7 Å². The van der Waals surface area contributed by atoms with Crippen LogP contribution < -0.4 is 0 Å². The lowest BCUT2D eigenvalue weighted by Crippen LogP contribution is -1.87. The van der Waals surface area contributed by atoms with Gasteiger partial charge < -0.3 is 0 Å². The summed E-state index contributed by atoms with van der Waals surface area (Å²) >= 11 is 7.53. The van der Waals surface area contributed by atoms with Crippen LogP contribution in [-0.4, -0.2) is 0 Å². The van der Waals surface area contributed by atoms with Crippen LogP contribution in [-0.2, 0) is 0 Å². The summed E-state index contributed by atoms with van der Waals surface area (Å²) < 4.78 is 3.84. The summed E-state index contributed by atoms with van der Waals surface area (Å²) in [5.74, 6) is 0. The lowest BCUT2D eigenvalue weighted by atomic mass is 9.91. The number of fused-ring (bicyclic) bond motifs is 4. The second kappa shape index (κ2) is 8.46. The Morgan fingerprint density at radius 2 is 1.03 bits per heavy atom. The van der Waals surface area contributed by atoms with E-state index in [4.69, 9.17) is 0 Å². The SMILES string of the molecule is Brc1cc2c(s1)c(-c1ccccc1)c(-c1ccccc1)c1sc(-c3ccc4ccccc4c3)cc12. The fourth-order valence-corrected chi connectivity index (χ4v) is 7.93. The topological polar surface area (TPSA) is 0 Å². The molecule has 0 amide bonds. The molecule has 5 aromatic carbocycles. The van der Waals surface area contributed by atoms with E-state index in [0.717, 1.165) is 3.79 Å². The van der Waals surface area contributed by atoms with Gasteiger partial charge in [-0.3, -0.25) is 0 Å². The highest BCUT2D eigenvalue weighted by molar-refractivity contribution is 9.11. The van der Waals surface area contributed by atoms with Gasteiger partial charge in [-0.2, -0.15) is 0 Å². The third-order valence-corrected chi connectivity index (χ3v) is 9.44. The zero-order valence-electron chi connectivity index (χ0n) is 18.7. The van der Waals surface area contributed by atoms with Crippen LogP contribution in [0.1, 0.15) is 0 Å². The molecule has 0 radical (unpaired) electrons. The highest BCUT2D eigenvalue weighted by Gasteiger charge is 2.21. The van der Waals surface area contributed by atoms with E-state index < -0.39 is 0 Å². The molecule has 0 atom stereocenters. The van der Waals surface area contributed by atoms with Crippen LogP contribution in [0.25, 0.3) is 63.6 Å². The lowest BCUT2D eigenvalue weighted by molar-refractivity contribution is 1.65. The largest absolute Gasteiger partial charge is 0.135 e. The molecule has 35 heavy (non-hydrogen) atoms. The average Bonchev–Trinajstić information content (AvgIpc) is 3.52. The van der Waals surface area contributed by atoms with E-state index in [1.54, 1.807) is 0 Å². The van der Waals surface area contributed by atoms with Crippen LogP contribution in [0.2, 0.25) is 0 Å². The molecule has 0 aliphatic heterocycles. The predicted octanol–water partition coefficient (Wildman–Crippen LogP) is 11.0. The van der Waals surface area contributed by atoms with Gasteiger partial charge in [0.25, 0.3) is 0 Å². The Labute approximate surface area is 220 Å². The molecule has 2 heterocycles. The van der Waals surface area contributed by atoms with Crippen molar-refractivity contribution in [2.45, 2.75) is 0 Å². The maximum atomic E-state index is 3.80. The fraction of sp³-hybridized carbons (Fsp3) is 0. The minimum absolute atomic E-state index is 1.16. The summed E-state index contributed by atoms with van der Waals surface area (Å²) in [6.45, 7) is 0. The molecule has 0 saturated carbocycles. The van der Waals surface area contributed by atoms with Gasteiger partial charge >= 0.3 is 0 Å². The molecule has 0 saturated heterocycles. The molecule has 166 valence electrons. The fourth-order valence-electron chi connectivity index (χ4n) is 5.00. The van der Waals surface area contributed by atoms with E-state index in [0.29, 0.717) is 0 Å². The van der Waals surface area contributed by atoms with E-state index in [2.05, 4.69) is 131 Å². The van der Waals surface area contributed by atoms with Crippen molar-refractivity contribution in [3.63, 3.8) is 0 Å². The highest BCUT2D eigenvalue weighted by Crippen LogP contribution is 2.51. The predicted molar refractivity (Wildman–Crippen MR) is 159 cm³/mol. The molecule has 7 rings (SSSR count). The molecule has 0 bridgehead atoms. The lowest BCUT2D eigenvalue weighted by Gasteiger charge is -2.14. The van der Waals surface area contributed by atoms with Crippen molar-refractivity contribution in [3.8, 4) is 32.7 Å². The minimum atomic E-state index is 1.16. The molecule has 3 heteroatoms. The van der Waals surface area contributed by atoms with Gasteiger partial charge in [0, 0.05) is 36.2 Å². The number of rotatable bonds is 3. The maximum Gasteiger partial charge on any atom is 0.0711 e. The first-order valence-corrected chi connectivity index (χ1v) is 14.0. The van der Waals surface area contributed by atoms with Crippen LogP contribution in [0.4, 0.5) is 0 Å². The van der Waals surface area contributed by atoms with Gasteiger partial charge in [-0.05, 0) is 61.6 Å². The van der Waals surface area contributed by atoms with Gasteiger partial charge in [0.05, 0.1) is 3.79 Å². The van der Waals surface area contributed by atoms with E-state index >= 15 is 0 Å². The quantitative estimate of drug-likeness (QED) is 0.206. The maximum absolute atomic E-state index is 3.80. The van der Waals surface area contributed by atoms with Crippen LogP contribution in [0.5, 0.6) is 0 Å². The molecule has 0 fully saturated rings. The number of halogens is 1. The molecule has 0 unspecified atom stereocenters. The first kappa shape index (κ1) is 21.1. The van der Waals surface area contributed by atoms with E-state index in [9.17, 15) is 0 Å². The zero-order chi connectivity index (χ0) is 23.4. The normalized spacial score (nSPS) is 11.6. The van der Waals surface area contributed by atoms with Crippen molar-refractivity contribution in [2.24, 2.45) is 0 Å². The monoisotopic (exact) mass is 546 g/mol. The van der Waals surface area contributed by atoms with Crippen molar-refractivity contribution in [3.05, 3.63) is 119 Å². The number of hydrogen-bond acceptors (Lipinski definition) is 2. The first-order valence-electron chi connectivity index (χ1n) is 11.5. The van der Waals surface area contributed by atoms with Crippen molar-refractivity contribution >= 4 is 69.5 Å². The van der Waals surface area contributed by atoms with E-state index in [-0.39, 0.29) is 0 Å². The Kier molecular flexibility index (Phi) is 5.09. The van der Waals surface area contributed by atoms with Crippen molar-refractivity contribution in [1.29, 1.82) is 0 Å². The standard InChI is InChI=1S/C32H19BrS2/c33-28-19-26-25-18-27(24-16-15-20-9-7-8-14-23(20)17-24)34-31(25)29(21-10-3-1-4-11-21)30(32(26)35-28)22-12-5-2-6-13-22/h1-19H. The second-order valence-electron chi connectivity index (χ2n) is 8.69. The highest BCUT2D eigenvalue weighted by atomic mass is 79.9. The molecule has 0 nitrogen and oxygen atoms in total. The van der Waals surface area contributed by atoms with Gasteiger partial charge in [0.15, 0.2) is 0 Å². The zero-order valence-corrected chi connectivity index (χ0v) is 21.9. The second-order valence-corrected chi connectivity index (χ2v) is 12.2. The van der Waals surface area contributed by atoms with Gasteiger partial charge in [0.1, 0.15) is 0 Å². The van der Waals surface area contributed by atoms with Crippen LogP contribution in [0.15, 0.2) is 119 Å². The molecule has 0 aliphatic rings. The van der Waals surface area contributed by atoms with Crippen molar-refractivity contribution < 1.29 is 0 Å². The Balaban J connectivity index is 1.61. The Morgan fingerprint density at radius 3 is 1.71 bits per heavy atom. The summed E-state index contributed by atoms with van der Waals surface area (Å²) in [5, 5.41) is 5.20. The van der Waals surface area contributed by atoms with E-state index in [1.165, 1.54) is 63.6 Å². The number of thiophene rings is 2. The van der Waals surface area contributed by atoms with Gasteiger partial charge in [0.2, 0.25) is 0 Å². The summed E-state index contributed by atoms with van der Waals surface area (Å²) in [6.07, 6.45) is 0. The van der Waals surface area contributed by atoms with Gasteiger partial charge in [-0.25, -0.2) is 0 Å². The smallest absolute Gasteiger partial charge is 0.0711 e. The molecule has 2 aromatic heterocycles. The summed E-state index contributed by atoms with van der Waals surface area (Å²) in [7, 11) is 0. The minimum Gasteiger partial charge on any atom is -0.135 e. The van der Waals surface area contributed by atoms with Crippen molar-refractivity contribution in [1.82, 2.24) is 0 Å². The van der Waals surface area contributed by atoms with Crippen LogP contribution >= 0.6 is 38.6 Å². The summed E-state index contributed by atoms with van der Waals surface area (Å²) in [5.41, 5.74) is 6.43. The Hall–Kier alpha value is -3.24. The molecular weight excluding hydrogens is 528 g/mol. The Bertz CT molecular complexity index is 1840. The molecule has 7 aromatic rings. The third kappa shape index (κ3) is 3.54. The van der Waals surface area contributed by atoms with Gasteiger partial charge in [-0.15, -0.1) is 22.7 Å². The van der Waals surface area contributed by atoms with Gasteiger partial charge in [-0.1, -0.05) is 97.1 Å². The average molecular weight is 548 g/mol. The molecule has 0 spiro atoms. The van der Waals surface area contributed by atoms with Crippen LogP contribution in [0, 0.1) is 0 Å².